The summed E-state index contributed by atoms with van der Waals surface area (Å²) in [6.07, 6.45) is 0.656. The number of carboxylic acid groups (broad SMARTS) is 1. The first kappa shape index (κ1) is 14.3. The van der Waals surface area contributed by atoms with E-state index in [0.29, 0.717) is 11.3 Å². The van der Waals surface area contributed by atoms with Crippen molar-refractivity contribution >= 4 is 23.2 Å². The number of carboxylic acids is 1. The Hall–Kier alpha value is -2.14. The fourth-order valence-electron chi connectivity index (χ4n) is 2.01. The highest BCUT2D eigenvalue weighted by Gasteiger charge is 2.24. The number of hydrogen-bond acceptors (Lipinski definition) is 3. The lowest BCUT2D eigenvalue weighted by molar-refractivity contribution is -0.141. The molecule has 20 heavy (non-hydrogen) atoms. The summed E-state index contributed by atoms with van der Waals surface area (Å²) in [6, 6.07) is 10.8. The van der Waals surface area contributed by atoms with E-state index in [1.807, 2.05) is 41.8 Å². The Morgan fingerprint density at radius 1 is 1.25 bits per heavy atom. The van der Waals surface area contributed by atoms with Crippen molar-refractivity contribution < 1.29 is 14.7 Å². The van der Waals surface area contributed by atoms with Crippen LogP contribution in [0.4, 0.5) is 0 Å². The minimum Gasteiger partial charge on any atom is -0.479 e. The van der Waals surface area contributed by atoms with Gasteiger partial charge in [0, 0.05) is 11.8 Å². The lowest BCUT2D eigenvalue weighted by atomic mass is 10.0. The van der Waals surface area contributed by atoms with Crippen LogP contribution < -0.4 is 5.32 Å². The molecule has 1 heterocycles. The summed E-state index contributed by atoms with van der Waals surface area (Å²) in [5.41, 5.74) is 2.04. The molecule has 4 nitrogen and oxygen atoms in total. The van der Waals surface area contributed by atoms with Crippen molar-refractivity contribution in [1.82, 2.24) is 5.32 Å². The molecule has 1 amide bonds. The van der Waals surface area contributed by atoms with Crippen molar-refractivity contribution in [2.75, 3.05) is 0 Å². The molecule has 2 N–H and O–H groups in total. The first-order chi connectivity index (χ1) is 9.58. The lowest BCUT2D eigenvalue weighted by Crippen LogP contribution is -2.32. The Balaban J connectivity index is 2.26. The molecule has 0 aliphatic rings. The van der Waals surface area contributed by atoms with E-state index in [1.165, 1.54) is 18.3 Å². The van der Waals surface area contributed by atoms with Gasteiger partial charge in [0.2, 0.25) is 5.91 Å². The van der Waals surface area contributed by atoms with Crippen LogP contribution in [-0.2, 0) is 16.0 Å². The third-order valence-corrected chi connectivity index (χ3v) is 3.90. The van der Waals surface area contributed by atoms with Crippen LogP contribution in [0.1, 0.15) is 29.0 Å². The van der Waals surface area contributed by atoms with Gasteiger partial charge in [-0.25, -0.2) is 4.79 Å². The molecule has 0 radical (unpaired) electrons. The van der Waals surface area contributed by atoms with E-state index < -0.39 is 12.0 Å². The summed E-state index contributed by atoms with van der Waals surface area (Å²) < 4.78 is 0. The van der Waals surface area contributed by atoms with Gasteiger partial charge >= 0.3 is 5.97 Å². The lowest BCUT2D eigenvalue weighted by Gasteiger charge is -2.14. The van der Waals surface area contributed by atoms with Crippen LogP contribution in [-0.4, -0.2) is 17.0 Å². The summed E-state index contributed by atoms with van der Waals surface area (Å²) in [6.45, 7) is 1.32. The van der Waals surface area contributed by atoms with E-state index in [-0.39, 0.29) is 5.91 Å². The van der Waals surface area contributed by atoms with E-state index in [9.17, 15) is 14.7 Å². The van der Waals surface area contributed by atoms with Crippen molar-refractivity contribution in [3.8, 4) is 0 Å². The van der Waals surface area contributed by atoms with Crippen LogP contribution in [0.15, 0.2) is 41.8 Å². The van der Waals surface area contributed by atoms with E-state index in [1.54, 1.807) is 0 Å². The molecule has 0 spiro atoms. The largest absolute Gasteiger partial charge is 0.479 e. The van der Waals surface area contributed by atoms with Gasteiger partial charge in [-0.3, -0.25) is 4.79 Å². The molecule has 1 aromatic carbocycles. The second-order valence-corrected chi connectivity index (χ2v) is 5.39. The SMILES string of the molecule is CC(=O)NC(C(=O)O)c1sccc1Cc1ccccc1. The van der Waals surface area contributed by atoms with Gasteiger partial charge in [-0.05, 0) is 29.0 Å². The molecule has 1 unspecified atom stereocenters. The zero-order chi connectivity index (χ0) is 14.5. The summed E-state index contributed by atoms with van der Waals surface area (Å²) in [7, 11) is 0. The van der Waals surface area contributed by atoms with Gasteiger partial charge in [0.15, 0.2) is 6.04 Å². The Bertz CT molecular complexity index is 607. The number of aliphatic carboxylic acids is 1. The van der Waals surface area contributed by atoms with Crippen LogP contribution in [0.2, 0.25) is 0 Å². The monoisotopic (exact) mass is 289 g/mol. The molecule has 0 fully saturated rings. The first-order valence-corrected chi connectivity index (χ1v) is 7.06. The summed E-state index contributed by atoms with van der Waals surface area (Å²) >= 11 is 1.35. The van der Waals surface area contributed by atoms with E-state index in [4.69, 9.17) is 0 Å². The Kier molecular flexibility index (Phi) is 4.53. The van der Waals surface area contributed by atoms with Gasteiger partial charge in [0.25, 0.3) is 0 Å². The maximum Gasteiger partial charge on any atom is 0.331 e. The predicted octanol–water partition coefficient (Wildman–Crippen LogP) is 2.60. The zero-order valence-electron chi connectivity index (χ0n) is 11.0. The number of thiophene rings is 1. The third kappa shape index (κ3) is 3.45. The molecule has 0 saturated carbocycles. The van der Waals surface area contributed by atoms with Gasteiger partial charge in [-0.15, -0.1) is 11.3 Å². The smallest absolute Gasteiger partial charge is 0.331 e. The van der Waals surface area contributed by atoms with E-state index in [0.717, 1.165) is 11.1 Å². The van der Waals surface area contributed by atoms with Crippen molar-refractivity contribution in [1.29, 1.82) is 0 Å². The molecule has 0 aliphatic carbocycles. The Morgan fingerprint density at radius 3 is 2.55 bits per heavy atom. The Morgan fingerprint density at radius 2 is 1.95 bits per heavy atom. The number of amides is 1. The van der Waals surface area contributed by atoms with Gasteiger partial charge in [-0.2, -0.15) is 0 Å². The van der Waals surface area contributed by atoms with Gasteiger partial charge in [0.1, 0.15) is 0 Å². The highest BCUT2D eigenvalue weighted by atomic mass is 32.1. The molecule has 0 saturated heterocycles. The highest BCUT2D eigenvalue weighted by molar-refractivity contribution is 7.10. The van der Waals surface area contributed by atoms with Crippen molar-refractivity contribution in [3.05, 3.63) is 57.8 Å². The maximum atomic E-state index is 11.3. The number of rotatable bonds is 5. The second kappa shape index (κ2) is 6.34. The number of carbonyl (C=O) groups is 2. The average Bonchev–Trinajstić information content (AvgIpc) is 2.84. The van der Waals surface area contributed by atoms with Gasteiger partial charge in [0.05, 0.1) is 0 Å². The number of benzene rings is 1. The molecule has 2 aromatic rings. The zero-order valence-corrected chi connectivity index (χ0v) is 11.8. The van der Waals surface area contributed by atoms with E-state index in [2.05, 4.69) is 5.32 Å². The quantitative estimate of drug-likeness (QED) is 0.889. The molecular formula is C15H15NO3S. The van der Waals surface area contributed by atoms with Crippen molar-refractivity contribution in [2.24, 2.45) is 0 Å². The third-order valence-electron chi connectivity index (χ3n) is 2.87. The summed E-state index contributed by atoms with van der Waals surface area (Å²) in [5, 5.41) is 13.6. The predicted molar refractivity (Wildman–Crippen MR) is 77.8 cm³/mol. The Labute approximate surface area is 121 Å². The number of nitrogens with one attached hydrogen (secondary N) is 1. The fourth-order valence-corrected chi connectivity index (χ4v) is 2.97. The standard InChI is InChI=1S/C15H15NO3S/c1-10(17)16-13(15(18)19)14-12(7-8-20-14)9-11-5-3-2-4-6-11/h2-8,13H,9H2,1H3,(H,16,17)(H,18,19). The number of hydrogen-bond donors (Lipinski definition) is 2. The van der Waals surface area contributed by atoms with Gasteiger partial charge < -0.3 is 10.4 Å². The normalized spacial score (nSPS) is 11.8. The van der Waals surface area contributed by atoms with Crippen LogP contribution in [0, 0.1) is 0 Å². The molecule has 5 heteroatoms. The molecule has 0 bridgehead atoms. The summed E-state index contributed by atoms with van der Waals surface area (Å²) in [5.74, 6) is -1.39. The first-order valence-electron chi connectivity index (χ1n) is 6.18. The average molecular weight is 289 g/mol. The highest BCUT2D eigenvalue weighted by Crippen LogP contribution is 2.27. The molecule has 0 aliphatic heterocycles. The minimum absolute atomic E-state index is 0.350. The number of carbonyl (C=O) groups excluding carboxylic acids is 1. The van der Waals surface area contributed by atoms with Crippen LogP contribution >= 0.6 is 11.3 Å². The molecule has 1 atom stereocenters. The second-order valence-electron chi connectivity index (χ2n) is 4.44. The van der Waals surface area contributed by atoms with Crippen LogP contribution in [0.5, 0.6) is 0 Å². The van der Waals surface area contributed by atoms with E-state index >= 15 is 0 Å². The van der Waals surface area contributed by atoms with Crippen molar-refractivity contribution in [2.45, 2.75) is 19.4 Å². The fraction of sp³-hybridized carbons (Fsp3) is 0.200. The van der Waals surface area contributed by atoms with Crippen LogP contribution in [0.25, 0.3) is 0 Å². The minimum atomic E-state index is -1.04. The maximum absolute atomic E-state index is 11.3. The molecular weight excluding hydrogens is 274 g/mol. The molecule has 104 valence electrons. The van der Waals surface area contributed by atoms with Crippen LogP contribution in [0.3, 0.4) is 0 Å². The molecule has 2 rings (SSSR count). The van der Waals surface area contributed by atoms with Crippen molar-refractivity contribution in [3.63, 3.8) is 0 Å². The van der Waals surface area contributed by atoms with Gasteiger partial charge in [-0.1, -0.05) is 30.3 Å². The molecule has 1 aromatic heterocycles. The topological polar surface area (TPSA) is 66.4 Å². The summed E-state index contributed by atoms with van der Waals surface area (Å²) in [4.78, 5) is 23.2.